The van der Waals surface area contributed by atoms with Gasteiger partial charge in [0, 0.05) is 37.1 Å². The Morgan fingerprint density at radius 2 is 1.00 bits per heavy atom. The van der Waals surface area contributed by atoms with E-state index in [9.17, 15) is 9.59 Å². The number of hydrogen-bond acceptors (Lipinski definition) is 11. The minimum Gasteiger partial charge on any atom is -0.495 e. The van der Waals surface area contributed by atoms with Crippen LogP contribution in [-0.4, -0.2) is 87.8 Å². The molecule has 0 atom stereocenters. The molecule has 0 radical (unpaired) electrons. The van der Waals surface area contributed by atoms with Gasteiger partial charge in [-0.25, -0.2) is 0 Å². The quantitative estimate of drug-likeness (QED) is 0.124. The summed E-state index contributed by atoms with van der Waals surface area (Å²) in [7, 11) is 8.37. The number of nitrogens with one attached hydrogen (secondary N) is 2. The molecule has 0 fully saturated rings. The van der Waals surface area contributed by atoms with Gasteiger partial charge in [-0.2, -0.15) is 0 Å². The first-order valence-corrected chi connectivity index (χ1v) is 17.5. The van der Waals surface area contributed by atoms with E-state index in [1.165, 1.54) is 0 Å². The molecule has 0 bridgehead atoms. The first-order chi connectivity index (χ1) is 23.2. The van der Waals surface area contributed by atoms with Gasteiger partial charge >= 0.3 is 0 Å². The minimum atomic E-state index is -0.141. The highest BCUT2D eigenvalue weighted by atomic mass is 32.2. The molecule has 0 aliphatic rings. The van der Waals surface area contributed by atoms with Gasteiger partial charge in [0.1, 0.15) is 23.0 Å². The maximum atomic E-state index is 12.6. The first-order valence-electron chi connectivity index (χ1n) is 15.0. The number of amides is 2. The van der Waals surface area contributed by atoms with Crippen molar-refractivity contribution in [3.8, 4) is 45.5 Å². The Labute approximate surface area is 290 Å². The molecule has 4 rings (SSSR count). The predicted molar refractivity (Wildman–Crippen MR) is 193 cm³/mol. The van der Waals surface area contributed by atoms with Crippen LogP contribution in [0.5, 0.6) is 23.0 Å². The fourth-order valence-corrected chi connectivity index (χ4v) is 6.25. The van der Waals surface area contributed by atoms with Gasteiger partial charge in [-0.1, -0.05) is 0 Å². The summed E-state index contributed by atoms with van der Waals surface area (Å²) in [5.74, 6) is 2.55. The second-order valence-corrected chi connectivity index (χ2v) is 12.2. The molecular formula is C35H41N5O6S2. The van der Waals surface area contributed by atoms with E-state index in [4.69, 9.17) is 18.9 Å². The van der Waals surface area contributed by atoms with E-state index in [2.05, 4.69) is 20.6 Å². The highest BCUT2D eigenvalue weighted by Gasteiger charge is 2.16. The van der Waals surface area contributed by atoms with Crippen molar-refractivity contribution in [2.75, 3.05) is 71.7 Å². The number of pyridine rings is 2. The molecule has 0 saturated heterocycles. The lowest BCUT2D eigenvalue weighted by Gasteiger charge is -2.16. The summed E-state index contributed by atoms with van der Waals surface area (Å²) in [4.78, 5) is 38.1. The second kappa shape index (κ2) is 17.6. The van der Waals surface area contributed by atoms with Crippen LogP contribution in [0, 0.1) is 0 Å². The molecule has 2 N–H and O–H groups in total. The van der Waals surface area contributed by atoms with Gasteiger partial charge in [-0.05, 0) is 68.1 Å². The number of carbonyl (C=O) groups is 2. The molecule has 4 aromatic rings. The van der Waals surface area contributed by atoms with Crippen LogP contribution in [0.4, 0.5) is 11.4 Å². The van der Waals surface area contributed by atoms with Crippen molar-refractivity contribution in [3.05, 3.63) is 60.9 Å². The van der Waals surface area contributed by atoms with Gasteiger partial charge in [0.25, 0.3) is 0 Å². The van der Waals surface area contributed by atoms with Crippen molar-refractivity contribution >= 4 is 46.7 Å². The third kappa shape index (κ3) is 9.33. The number of nitrogens with zero attached hydrogens (tertiary/aromatic N) is 3. The monoisotopic (exact) mass is 691 g/mol. The summed E-state index contributed by atoms with van der Waals surface area (Å²) in [5, 5.41) is 5.78. The summed E-state index contributed by atoms with van der Waals surface area (Å²) < 4.78 is 22.1. The lowest BCUT2D eigenvalue weighted by Crippen LogP contribution is -2.27. The van der Waals surface area contributed by atoms with Crippen molar-refractivity contribution in [2.45, 2.75) is 22.6 Å². The fourth-order valence-electron chi connectivity index (χ4n) is 4.88. The summed E-state index contributed by atoms with van der Waals surface area (Å²) >= 11 is 3.10. The van der Waals surface area contributed by atoms with E-state index >= 15 is 0 Å². The van der Waals surface area contributed by atoms with Crippen LogP contribution in [-0.2, 0) is 9.59 Å². The number of rotatable bonds is 16. The zero-order valence-corrected chi connectivity index (χ0v) is 29.8. The molecule has 0 aliphatic heterocycles. The van der Waals surface area contributed by atoms with Gasteiger partial charge in [0.15, 0.2) is 0 Å². The van der Waals surface area contributed by atoms with Crippen molar-refractivity contribution in [1.29, 1.82) is 0 Å². The number of benzene rings is 2. The lowest BCUT2D eigenvalue weighted by molar-refractivity contribution is -0.116. The second-order valence-electron chi connectivity index (χ2n) is 10.6. The summed E-state index contributed by atoms with van der Waals surface area (Å²) in [6.45, 7) is 0.981. The molecule has 2 amide bonds. The number of methoxy groups -OCH3 is 4. The average molecular weight is 692 g/mol. The number of ether oxygens (including phenoxy) is 4. The van der Waals surface area contributed by atoms with Crippen LogP contribution in [0.2, 0.25) is 0 Å². The van der Waals surface area contributed by atoms with Gasteiger partial charge in [-0.15, -0.1) is 23.5 Å². The molecule has 0 saturated carbocycles. The molecular weight excluding hydrogens is 651 g/mol. The van der Waals surface area contributed by atoms with Crippen LogP contribution in [0.3, 0.4) is 0 Å². The van der Waals surface area contributed by atoms with Crippen LogP contribution in [0.15, 0.2) is 70.7 Å². The number of thioether (sulfide) groups is 2. The molecule has 2 aromatic heterocycles. The zero-order valence-electron chi connectivity index (χ0n) is 28.2. The Morgan fingerprint density at radius 3 is 1.27 bits per heavy atom. The summed E-state index contributed by atoms with van der Waals surface area (Å²) in [5.41, 5.74) is 4.34. The molecule has 48 heavy (non-hydrogen) atoms. The Kier molecular flexibility index (Phi) is 13.4. The topological polar surface area (TPSA) is 124 Å². The highest BCUT2D eigenvalue weighted by Crippen LogP contribution is 2.41. The molecule has 11 nitrogen and oxygen atoms in total. The van der Waals surface area contributed by atoms with Gasteiger partial charge in [0.05, 0.1) is 73.4 Å². The van der Waals surface area contributed by atoms with Crippen molar-refractivity contribution < 1.29 is 28.5 Å². The average Bonchev–Trinajstić information content (AvgIpc) is 3.12. The predicted octanol–water partition coefficient (Wildman–Crippen LogP) is 6.58. The molecule has 254 valence electrons. The molecule has 0 unspecified atom stereocenters. The van der Waals surface area contributed by atoms with E-state index in [0.717, 1.165) is 32.3 Å². The lowest BCUT2D eigenvalue weighted by atomic mass is 10.1. The third-order valence-corrected chi connectivity index (χ3v) is 9.08. The maximum Gasteiger partial charge on any atom is 0.225 e. The smallest absolute Gasteiger partial charge is 0.225 e. The molecule has 0 spiro atoms. The van der Waals surface area contributed by atoms with E-state index < -0.39 is 0 Å². The van der Waals surface area contributed by atoms with Crippen LogP contribution >= 0.6 is 23.5 Å². The highest BCUT2D eigenvalue weighted by molar-refractivity contribution is 7.99. The minimum absolute atomic E-state index is 0.141. The zero-order chi connectivity index (χ0) is 34.6. The van der Waals surface area contributed by atoms with E-state index in [1.54, 1.807) is 64.4 Å². The van der Waals surface area contributed by atoms with Gasteiger partial charge in [-0.3, -0.25) is 19.6 Å². The van der Waals surface area contributed by atoms with E-state index in [-0.39, 0.29) is 24.7 Å². The van der Waals surface area contributed by atoms with Crippen molar-refractivity contribution in [3.63, 3.8) is 0 Å². The standard InChI is InChI=1S/C35H41N5O6S2/c1-40(14-12-32(41)38-24-8-10-26(36-20-24)22-16-28(43-2)34(47-6)29(17-22)44-3)15-13-33(42)39-25-9-11-27(37-21-25)23-18-30(45-4)35(48-7)31(19-23)46-5/h8-11,16-21H,12-15H2,1-7H3,(H,38,41)(H,39,42). The molecule has 2 heterocycles. The van der Waals surface area contributed by atoms with Crippen LogP contribution < -0.4 is 29.6 Å². The number of aromatic nitrogens is 2. The molecule has 2 aromatic carbocycles. The SMILES string of the molecule is COc1cc(-c2ccc(NC(=O)CCN(C)CCC(=O)Nc3ccc(-c4cc(OC)c(SC)c(OC)c4)nc3)cn2)cc(OC)c1SC. The van der Waals surface area contributed by atoms with E-state index in [0.29, 0.717) is 47.5 Å². The van der Waals surface area contributed by atoms with Crippen molar-refractivity contribution in [1.82, 2.24) is 14.9 Å². The molecule has 13 heteroatoms. The normalized spacial score (nSPS) is 10.8. The Hall–Kier alpha value is -4.46. The fraction of sp³-hybridized carbons (Fsp3) is 0.314. The maximum absolute atomic E-state index is 12.6. The van der Waals surface area contributed by atoms with Gasteiger partial charge in [0.2, 0.25) is 11.8 Å². The largest absolute Gasteiger partial charge is 0.495 e. The molecule has 0 aliphatic carbocycles. The van der Waals surface area contributed by atoms with Gasteiger partial charge < -0.3 is 34.5 Å². The number of anilines is 2. The van der Waals surface area contributed by atoms with Crippen LogP contribution in [0.25, 0.3) is 22.5 Å². The Balaban J connectivity index is 1.23. The van der Waals surface area contributed by atoms with Crippen LogP contribution in [0.1, 0.15) is 12.8 Å². The Bertz CT molecular complexity index is 1530. The first kappa shape index (κ1) is 36.4. The number of hydrogen-bond donors (Lipinski definition) is 2. The summed E-state index contributed by atoms with van der Waals surface area (Å²) in [6, 6.07) is 15.0. The number of carbonyl (C=O) groups excluding carboxylic acids is 2. The third-order valence-electron chi connectivity index (χ3n) is 7.46. The van der Waals surface area contributed by atoms with E-state index in [1.807, 2.05) is 73.0 Å². The van der Waals surface area contributed by atoms with Crippen molar-refractivity contribution in [2.24, 2.45) is 0 Å². The summed E-state index contributed by atoms with van der Waals surface area (Å²) in [6.07, 6.45) is 7.71. The Morgan fingerprint density at radius 1 is 0.646 bits per heavy atom.